The molecule has 2 saturated heterocycles. The van der Waals surface area contributed by atoms with Crippen molar-refractivity contribution < 1.29 is 27.5 Å². The van der Waals surface area contributed by atoms with Crippen LogP contribution in [0.4, 0.5) is 18.9 Å². The van der Waals surface area contributed by atoms with Crippen molar-refractivity contribution in [3.8, 4) is 5.88 Å². The monoisotopic (exact) mass is 504 g/mol. The molecule has 194 valence electrons. The van der Waals surface area contributed by atoms with E-state index < -0.39 is 17.8 Å². The number of likely N-dealkylation sites (tertiary alicyclic amines) is 2. The van der Waals surface area contributed by atoms with Crippen molar-refractivity contribution in [1.82, 2.24) is 14.8 Å². The highest BCUT2D eigenvalue weighted by Crippen LogP contribution is 2.38. The number of rotatable bonds is 5. The van der Waals surface area contributed by atoms with E-state index in [1.807, 2.05) is 36.1 Å². The minimum Gasteiger partial charge on any atom is -0.474 e. The molecule has 36 heavy (non-hydrogen) atoms. The Morgan fingerprint density at radius 2 is 1.72 bits per heavy atom. The molecule has 0 spiro atoms. The van der Waals surface area contributed by atoms with Crippen molar-refractivity contribution in [1.29, 1.82) is 0 Å². The molecule has 1 aromatic heterocycles. The maximum Gasteiger partial charge on any atom is 0.417 e. The van der Waals surface area contributed by atoms with Gasteiger partial charge in [0.15, 0.2) is 0 Å². The molecule has 4 rings (SSSR count). The first-order chi connectivity index (χ1) is 17.0. The van der Waals surface area contributed by atoms with Gasteiger partial charge in [0.05, 0.1) is 5.56 Å². The summed E-state index contributed by atoms with van der Waals surface area (Å²) in [6.45, 7) is 5.51. The Kier molecular flexibility index (Phi) is 7.42. The van der Waals surface area contributed by atoms with Crippen LogP contribution in [0.1, 0.15) is 43.7 Å². The summed E-state index contributed by atoms with van der Waals surface area (Å²) >= 11 is 0. The summed E-state index contributed by atoms with van der Waals surface area (Å²) in [6, 6.07) is 9.68. The van der Waals surface area contributed by atoms with E-state index in [4.69, 9.17) is 10.5 Å². The van der Waals surface area contributed by atoms with Gasteiger partial charge in [-0.05, 0) is 43.5 Å². The van der Waals surface area contributed by atoms with Gasteiger partial charge in [-0.25, -0.2) is 4.98 Å². The zero-order valence-electron chi connectivity index (χ0n) is 20.4. The molecule has 2 fully saturated rings. The van der Waals surface area contributed by atoms with Crippen LogP contribution in [0.25, 0.3) is 0 Å². The van der Waals surface area contributed by atoms with Gasteiger partial charge < -0.3 is 20.3 Å². The first kappa shape index (κ1) is 25.8. The van der Waals surface area contributed by atoms with E-state index in [0.717, 1.165) is 17.8 Å². The topological polar surface area (TPSA) is 88.8 Å². The Morgan fingerprint density at radius 3 is 2.28 bits per heavy atom. The molecule has 0 radical (unpaired) electrons. The number of piperidine rings is 1. The predicted octanol–water partition coefficient (Wildman–Crippen LogP) is 3.95. The van der Waals surface area contributed by atoms with E-state index in [9.17, 15) is 22.8 Å². The van der Waals surface area contributed by atoms with E-state index in [2.05, 4.69) is 4.98 Å². The minimum absolute atomic E-state index is 0.0217. The molecule has 2 aliphatic heterocycles. The SMILES string of the molecule is CC(=O)N1CCC(C(=O)N2C[C@H]([C@H](C)Oc3ccc(C(F)(F)F)cn3)[C@@H](c3ccc(N)cc3)C2)CC1. The lowest BCUT2D eigenvalue weighted by Crippen LogP contribution is -2.43. The first-order valence-electron chi connectivity index (χ1n) is 12.1. The summed E-state index contributed by atoms with van der Waals surface area (Å²) in [4.78, 5) is 32.5. The van der Waals surface area contributed by atoms with Crippen LogP contribution in [0, 0.1) is 11.8 Å². The summed E-state index contributed by atoms with van der Waals surface area (Å²) in [6.07, 6.45) is -2.85. The Labute approximate surface area is 208 Å². The number of hydrogen-bond donors (Lipinski definition) is 1. The number of alkyl halides is 3. The van der Waals surface area contributed by atoms with Crippen LogP contribution in [-0.2, 0) is 15.8 Å². The molecule has 10 heteroatoms. The number of hydrogen-bond acceptors (Lipinski definition) is 5. The second kappa shape index (κ2) is 10.4. The largest absolute Gasteiger partial charge is 0.474 e. The molecule has 2 amide bonds. The summed E-state index contributed by atoms with van der Waals surface area (Å²) in [7, 11) is 0. The van der Waals surface area contributed by atoms with Crippen LogP contribution < -0.4 is 10.5 Å². The summed E-state index contributed by atoms with van der Waals surface area (Å²) in [5.74, 6) is -0.0724. The average molecular weight is 505 g/mol. The van der Waals surface area contributed by atoms with E-state index in [1.54, 1.807) is 4.90 Å². The lowest BCUT2D eigenvalue weighted by Gasteiger charge is -2.32. The Morgan fingerprint density at radius 1 is 1.06 bits per heavy atom. The van der Waals surface area contributed by atoms with Crippen LogP contribution in [0.2, 0.25) is 0 Å². The van der Waals surface area contributed by atoms with Gasteiger partial charge in [0.2, 0.25) is 17.7 Å². The number of ether oxygens (including phenoxy) is 1. The third kappa shape index (κ3) is 5.74. The maximum absolute atomic E-state index is 13.4. The van der Waals surface area contributed by atoms with E-state index in [1.165, 1.54) is 13.0 Å². The molecule has 0 unspecified atom stereocenters. The number of pyridine rings is 1. The Bertz CT molecular complexity index is 1070. The van der Waals surface area contributed by atoms with Gasteiger partial charge in [-0.1, -0.05) is 12.1 Å². The molecule has 2 N–H and O–H groups in total. The number of anilines is 1. The van der Waals surface area contributed by atoms with Crippen LogP contribution in [0.3, 0.4) is 0 Å². The summed E-state index contributed by atoms with van der Waals surface area (Å²) in [5, 5.41) is 0. The number of carbonyl (C=O) groups excluding carboxylic acids is 2. The molecule has 7 nitrogen and oxygen atoms in total. The number of nitrogen functional groups attached to an aromatic ring is 1. The first-order valence-corrected chi connectivity index (χ1v) is 12.1. The van der Waals surface area contributed by atoms with Crippen molar-refractivity contribution in [2.24, 2.45) is 11.8 Å². The Hall–Kier alpha value is -3.30. The standard InChI is InChI=1S/C26H31F3N4O3/c1-16(36-24-8-5-20(13-31-24)26(27,28)29)22-14-33(15-23(22)18-3-6-21(30)7-4-18)25(35)19-9-11-32(12-10-19)17(2)34/h3-8,13,16,19,22-23H,9-12,14-15,30H2,1-2H3/t16-,22+,23+/m0/s1. The van der Waals surface area contributed by atoms with E-state index in [-0.39, 0.29) is 35.4 Å². The van der Waals surface area contributed by atoms with Crippen molar-refractivity contribution in [2.75, 3.05) is 31.9 Å². The van der Waals surface area contributed by atoms with Gasteiger partial charge in [-0.2, -0.15) is 13.2 Å². The van der Waals surface area contributed by atoms with Crippen LogP contribution in [0.5, 0.6) is 5.88 Å². The maximum atomic E-state index is 13.4. The van der Waals surface area contributed by atoms with Crippen molar-refractivity contribution >= 4 is 17.5 Å². The molecule has 0 aliphatic carbocycles. The number of carbonyl (C=O) groups is 2. The second-order valence-corrected chi connectivity index (χ2v) is 9.67. The van der Waals surface area contributed by atoms with Crippen LogP contribution in [0.15, 0.2) is 42.6 Å². The molecule has 2 aliphatic rings. The third-order valence-corrected chi connectivity index (χ3v) is 7.30. The summed E-state index contributed by atoms with van der Waals surface area (Å²) < 4.78 is 44.6. The molecule has 2 aromatic rings. The number of nitrogens with zero attached hydrogens (tertiary/aromatic N) is 3. The molecule has 0 bridgehead atoms. The number of benzene rings is 1. The van der Waals surface area contributed by atoms with E-state index in [0.29, 0.717) is 44.7 Å². The minimum atomic E-state index is -4.47. The smallest absolute Gasteiger partial charge is 0.417 e. The number of amides is 2. The third-order valence-electron chi connectivity index (χ3n) is 7.30. The molecule has 1 aromatic carbocycles. The van der Waals surface area contributed by atoms with Gasteiger partial charge in [0.25, 0.3) is 0 Å². The lowest BCUT2D eigenvalue weighted by molar-refractivity contribution is -0.139. The van der Waals surface area contributed by atoms with Crippen molar-refractivity contribution in [2.45, 2.75) is 44.9 Å². The fourth-order valence-corrected chi connectivity index (χ4v) is 5.18. The van der Waals surface area contributed by atoms with Crippen LogP contribution in [-0.4, -0.2) is 58.9 Å². The van der Waals surface area contributed by atoms with Gasteiger partial charge in [0.1, 0.15) is 6.10 Å². The number of aromatic nitrogens is 1. The zero-order valence-corrected chi connectivity index (χ0v) is 20.4. The fraction of sp³-hybridized carbons (Fsp3) is 0.500. The molecule has 0 saturated carbocycles. The highest BCUT2D eigenvalue weighted by atomic mass is 19.4. The average Bonchev–Trinajstić information content (AvgIpc) is 3.29. The van der Waals surface area contributed by atoms with Gasteiger partial charge >= 0.3 is 6.18 Å². The molecule has 3 atom stereocenters. The lowest BCUT2D eigenvalue weighted by atomic mass is 9.85. The molecular formula is C26H31F3N4O3. The van der Waals surface area contributed by atoms with Crippen molar-refractivity contribution in [3.05, 3.63) is 53.7 Å². The van der Waals surface area contributed by atoms with Gasteiger partial charge in [-0.15, -0.1) is 0 Å². The second-order valence-electron chi connectivity index (χ2n) is 9.67. The quantitative estimate of drug-likeness (QED) is 0.623. The number of nitrogens with two attached hydrogens (primary N) is 1. The van der Waals surface area contributed by atoms with Crippen LogP contribution >= 0.6 is 0 Å². The fourth-order valence-electron chi connectivity index (χ4n) is 5.18. The normalized spacial score (nSPS) is 21.9. The van der Waals surface area contributed by atoms with Crippen molar-refractivity contribution in [3.63, 3.8) is 0 Å². The van der Waals surface area contributed by atoms with E-state index >= 15 is 0 Å². The molecular weight excluding hydrogens is 473 g/mol. The molecule has 3 heterocycles. The van der Waals surface area contributed by atoms with Gasteiger partial charge in [-0.3, -0.25) is 9.59 Å². The zero-order chi connectivity index (χ0) is 26.0. The number of halogens is 3. The highest BCUT2D eigenvalue weighted by molar-refractivity contribution is 5.80. The Balaban J connectivity index is 1.49. The highest BCUT2D eigenvalue weighted by Gasteiger charge is 2.42. The van der Waals surface area contributed by atoms with Gasteiger partial charge in [0, 0.05) is 68.8 Å². The predicted molar refractivity (Wildman–Crippen MR) is 128 cm³/mol. The summed E-state index contributed by atoms with van der Waals surface area (Å²) in [5.41, 5.74) is 6.68.